The topological polar surface area (TPSA) is 63.5 Å². The van der Waals surface area contributed by atoms with Crippen LogP contribution in [0.1, 0.15) is 23.9 Å². The van der Waals surface area contributed by atoms with Crippen LogP contribution >= 0.6 is 0 Å². The Balaban J connectivity index is 1.66. The van der Waals surface area contributed by atoms with Gasteiger partial charge in [-0.05, 0) is 44.5 Å². The molecule has 3 rings (SSSR count). The number of benzene rings is 2. The van der Waals surface area contributed by atoms with Crippen molar-refractivity contribution in [2.75, 3.05) is 20.2 Å². The summed E-state index contributed by atoms with van der Waals surface area (Å²) in [5.74, 6) is 2.70. The highest BCUT2D eigenvalue weighted by molar-refractivity contribution is 5.80. The molecule has 0 aliphatic rings. The van der Waals surface area contributed by atoms with Gasteiger partial charge in [0.05, 0.1) is 24.7 Å². The zero-order valence-electron chi connectivity index (χ0n) is 17.1. The van der Waals surface area contributed by atoms with E-state index >= 15 is 0 Å². The molecule has 0 saturated heterocycles. The first-order chi connectivity index (χ1) is 13.6. The van der Waals surface area contributed by atoms with Gasteiger partial charge < -0.3 is 19.9 Å². The maximum atomic E-state index is 5.48. The number of nitrogens with zero attached hydrogens (tertiary/aromatic N) is 3. The summed E-state index contributed by atoms with van der Waals surface area (Å²) in [5.41, 5.74) is 4.44. The summed E-state index contributed by atoms with van der Waals surface area (Å²) < 4.78 is 7.71. The maximum Gasteiger partial charge on any atom is 0.191 e. The third-order valence-corrected chi connectivity index (χ3v) is 4.67. The quantitative estimate of drug-likeness (QED) is 0.488. The fraction of sp³-hybridized carbons (Fsp3) is 0.364. The molecule has 0 saturated carbocycles. The molecule has 2 N–H and O–H groups in total. The molecule has 0 atom stereocenters. The normalized spacial score (nSPS) is 11.6. The van der Waals surface area contributed by atoms with Crippen molar-refractivity contribution < 1.29 is 4.74 Å². The first kappa shape index (κ1) is 19.7. The molecule has 0 unspecified atom stereocenters. The highest BCUT2D eigenvalue weighted by atomic mass is 16.5. The summed E-state index contributed by atoms with van der Waals surface area (Å²) in [6.07, 6.45) is 0. The van der Waals surface area contributed by atoms with Crippen molar-refractivity contribution in [1.29, 1.82) is 0 Å². The van der Waals surface area contributed by atoms with Crippen LogP contribution in [0.2, 0.25) is 0 Å². The van der Waals surface area contributed by atoms with E-state index in [2.05, 4.69) is 52.2 Å². The van der Waals surface area contributed by atoms with Crippen molar-refractivity contribution in [3.05, 3.63) is 59.4 Å². The fourth-order valence-electron chi connectivity index (χ4n) is 3.25. The van der Waals surface area contributed by atoms with Crippen molar-refractivity contribution in [2.24, 2.45) is 4.99 Å². The van der Waals surface area contributed by atoms with Crippen LogP contribution in [0, 0.1) is 13.8 Å². The molecule has 1 heterocycles. The fourth-order valence-corrected chi connectivity index (χ4v) is 3.25. The summed E-state index contributed by atoms with van der Waals surface area (Å²) >= 11 is 0. The smallest absolute Gasteiger partial charge is 0.191 e. The van der Waals surface area contributed by atoms with Gasteiger partial charge in [-0.15, -0.1) is 0 Å². The third kappa shape index (κ3) is 4.63. The minimum Gasteiger partial charge on any atom is -0.496 e. The van der Waals surface area contributed by atoms with E-state index in [0.717, 1.165) is 53.8 Å². The lowest BCUT2D eigenvalue weighted by atomic mass is 10.1. The van der Waals surface area contributed by atoms with E-state index in [1.807, 2.05) is 31.2 Å². The largest absolute Gasteiger partial charge is 0.496 e. The highest BCUT2D eigenvalue weighted by Crippen LogP contribution is 2.20. The molecule has 0 aliphatic heterocycles. The number of aromatic nitrogens is 2. The molecule has 2 aromatic carbocycles. The van der Waals surface area contributed by atoms with Gasteiger partial charge in [-0.3, -0.25) is 0 Å². The van der Waals surface area contributed by atoms with Gasteiger partial charge in [0, 0.05) is 25.2 Å². The van der Waals surface area contributed by atoms with Gasteiger partial charge in [-0.1, -0.05) is 24.3 Å². The van der Waals surface area contributed by atoms with E-state index in [-0.39, 0.29) is 0 Å². The molecule has 0 aliphatic carbocycles. The van der Waals surface area contributed by atoms with Gasteiger partial charge in [-0.25, -0.2) is 9.98 Å². The van der Waals surface area contributed by atoms with E-state index in [1.165, 1.54) is 5.56 Å². The molecule has 6 heteroatoms. The van der Waals surface area contributed by atoms with Crippen molar-refractivity contribution in [3.63, 3.8) is 0 Å². The molecule has 3 aromatic rings. The Morgan fingerprint density at radius 3 is 2.75 bits per heavy atom. The van der Waals surface area contributed by atoms with Crippen LogP contribution in [-0.2, 0) is 13.1 Å². The predicted molar refractivity (Wildman–Crippen MR) is 115 cm³/mol. The molecule has 0 bridgehead atoms. The van der Waals surface area contributed by atoms with E-state index < -0.39 is 0 Å². The lowest BCUT2D eigenvalue weighted by molar-refractivity contribution is 0.409. The molecule has 1 aromatic heterocycles. The van der Waals surface area contributed by atoms with Gasteiger partial charge in [0.2, 0.25) is 0 Å². The predicted octanol–water partition coefficient (Wildman–Crippen LogP) is 3.42. The number of methoxy groups -OCH3 is 1. The minimum atomic E-state index is 0.561. The number of ether oxygens (including phenoxy) is 1. The number of guanidine groups is 1. The van der Waals surface area contributed by atoms with E-state index in [0.29, 0.717) is 6.54 Å². The van der Waals surface area contributed by atoms with Crippen molar-refractivity contribution >= 4 is 17.0 Å². The number of imidazole rings is 1. The van der Waals surface area contributed by atoms with Crippen LogP contribution in [0.25, 0.3) is 11.0 Å². The van der Waals surface area contributed by atoms with Gasteiger partial charge in [0.25, 0.3) is 0 Å². The number of nitrogens with one attached hydrogen (secondary N) is 2. The van der Waals surface area contributed by atoms with Crippen molar-refractivity contribution in [1.82, 2.24) is 20.2 Å². The van der Waals surface area contributed by atoms with Gasteiger partial charge in [0.1, 0.15) is 11.6 Å². The Morgan fingerprint density at radius 2 is 1.96 bits per heavy atom. The van der Waals surface area contributed by atoms with E-state index in [4.69, 9.17) is 9.73 Å². The monoisotopic (exact) mass is 379 g/mol. The maximum absolute atomic E-state index is 5.48. The Kier molecular flexibility index (Phi) is 6.53. The summed E-state index contributed by atoms with van der Waals surface area (Å²) in [4.78, 5) is 9.34. The second-order valence-corrected chi connectivity index (χ2v) is 6.74. The number of fused-ring (bicyclic) bond motifs is 1. The van der Waals surface area contributed by atoms with Gasteiger partial charge in [-0.2, -0.15) is 0 Å². The Labute approximate surface area is 166 Å². The molecule has 6 nitrogen and oxygen atoms in total. The Hall–Kier alpha value is -3.02. The summed E-state index contributed by atoms with van der Waals surface area (Å²) in [5, 5.41) is 6.73. The summed E-state index contributed by atoms with van der Waals surface area (Å²) in [6, 6.07) is 14.4. The number of hydrogen-bond acceptors (Lipinski definition) is 3. The second kappa shape index (κ2) is 9.26. The number of para-hydroxylation sites is 2. The molecule has 0 radical (unpaired) electrons. The summed E-state index contributed by atoms with van der Waals surface area (Å²) in [6.45, 7) is 9.13. The lowest BCUT2D eigenvalue weighted by Crippen LogP contribution is -2.38. The Morgan fingerprint density at radius 1 is 1.14 bits per heavy atom. The molecular weight excluding hydrogens is 350 g/mol. The van der Waals surface area contributed by atoms with Crippen molar-refractivity contribution in [2.45, 2.75) is 33.9 Å². The van der Waals surface area contributed by atoms with Crippen LogP contribution in [0.15, 0.2) is 47.5 Å². The van der Waals surface area contributed by atoms with Crippen LogP contribution in [0.5, 0.6) is 5.75 Å². The highest BCUT2D eigenvalue weighted by Gasteiger charge is 2.07. The minimum absolute atomic E-state index is 0.561. The lowest BCUT2D eigenvalue weighted by Gasteiger charge is -2.13. The van der Waals surface area contributed by atoms with Crippen molar-refractivity contribution in [3.8, 4) is 5.75 Å². The number of hydrogen-bond donors (Lipinski definition) is 2. The summed E-state index contributed by atoms with van der Waals surface area (Å²) in [7, 11) is 1.70. The molecule has 28 heavy (non-hydrogen) atoms. The standard InChI is InChI=1S/C22H29N5O/c1-5-23-22(25-15-18-11-10-16(2)14-21(18)28-4)24-12-13-27-17(3)26-19-8-6-7-9-20(19)27/h6-11,14H,5,12-13,15H2,1-4H3,(H2,23,24,25). The van der Waals surface area contributed by atoms with Gasteiger partial charge in [0.15, 0.2) is 5.96 Å². The van der Waals surface area contributed by atoms with Crippen LogP contribution < -0.4 is 15.4 Å². The van der Waals surface area contributed by atoms with Gasteiger partial charge >= 0.3 is 0 Å². The third-order valence-electron chi connectivity index (χ3n) is 4.67. The van der Waals surface area contributed by atoms with Crippen LogP contribution in [-0.4, -0.2) is 35.7 Å². The average molecular weight is 380 g/mol. The van der Waals surface area contributed by atoms with E-state index in [1.54, 1.807) is 7.11 Å². The zero-order valence-corrected chi connectivity index (χ0v) is 17.1. The zero-order chi connectivity index (χ0) is 19.9. The molecular formula is C22H29N5O. The SMILES string of the molecule is CCNC(=NCc1ccc(C)cc1OC)NCCn1c(C)nc2ccccc21. The number of aliphatic imine (C=N–C) groups is 1. The molecule has 0 spiro atoms. The van der Waals surface area contributed by atoms with Crippen LogP contribution in [0.3, 0.4) is 0 Å². The molecule has 0 amide bonds. The Bertz CT molecular complexity index is 961. The molecule has 0 fully saturated rings. The van der Waals surface area contributed by atoms with E-state index in [9.17, 15) is 0 Å². The number of rotatable bonds is 7. The first-order valence-corrected chi connectivity index (χ1v) is 9.70. The number of aryl methyl sites for hydroxylation is 2. The second-order valence-electron chi connectivity index (χ2n) is 6.74. The molecule has 148 valence electrons. The first-order valence-electron chi connectivity index (χ1n) is 9.70. The average Bonchev–Trinajstić information content (AvgIpc) is 3.02. The van der Waals surface area contributed by atoms with Crippen LogP contribution in [0.4, 0.5) is 0 Å².